The molecule has 7 aromatic rings. The summed E-state index contributed by atoms with van der Waals surface area (Å²) in [4.78, 5) is 5.35. The van der Waals surface area contributed by atoms with E-state index in [0.717, 1.165) is 43.3 Å². The van der Waals surface area contributed by atoms with Crippen molar-refractivity contribution >= 4 is 68.4 Å². The average molecular weight is 951 g/mol. The molecule has 0 unspecified atom stereocenters. The van der Waals surface area contributed by atoms with Crippen LogP contribution in [0.15, 0.2) is 101 Å². The maximum absolute atomic E-state index is 7.77. The van der Waals surface area contributed by atoms with Gasteiger partial charge in [0, 0.05) is 33.7 Å². The first-order chi connectivity index (χ1) is 33.6. The summed E-state index contributed by atoms with van der Waals surface area (Å²) < 4.78 is 7.77. The smallest absolute Gasteiger partial charge is 0.297 e. The molecule has 0 saturated heterocycles. The fourth-order valence-corrected chi connectivity index (χ4v) is 14.3. The van der Waals surface area contributed by atoms with Gasteiger partial charge in [0.2, 0.25) is 0 Å². The molecule has 0 atom stereocenters. The molecular formula is C68H79BN2O. The third-order valence-electron chi connectivity index (χ3n) is 19.4. The van der Waals surface area contributed by atoms with Gasteiger partial charge in [-0.2, -0.15) is 0 Å². The van der Waals surface area contributed by atoms with Crippen molar-refractivity contribution < 1.29 is 4.42 Å². The summed E-state index contributed by atoms with van der Waals surface area (Å²) in [6.07, 6.45) is 6.97. The van der Waals surface area contributed by atoms with Crippen LogP contribution in [0.5, 0.6) is 0 Å². The fraction of sp³-hybridized carbons (Fsp3) is 0.441. The Morgan fingerprint density at radius 2 is 1.00 bits per heavy atom. The molecule has 5 aliphatic rings. The van der Waals surface area contributed by atoms with Crippen molar-refractivity contribution in [1.82, 2.24) is 0 Å². The molecule has 0 amide bonds. The number of furan rings is 1. The Labute approximate surface area is 432 Å². The van der Waals surface area contributed by atoms with Gasteiger partial charge in [0.1, 0.15) is 5.58 Å². The highest BCUT2D eigenvalue weighted by Crippen LogP contribution is 2.56. The van der Waals surface area contributed by atoms with E-state index >= 15 is 0 Å². The lowest BCUT2D eigenvalue weighted by Crippen LogP contribution is -2.61. The molecule has 0 fully saturated rings. The van der Waals surface area contributed by atoms with Crippen LogP contribution in [0, 0.1) is 13.8 Å². The van der Waals surface area contributed by atoms with Crippen LogP contribution in [0.1, 0.15) is 192 Å². The first-order valence-electron chi connectivity index (χ1n) is 27.5. The minimum atomic E-state index is -0.131. The van der Waals surface area contributed by atoms with Gasteiger partial charge >= 0.3 is 0 Å². The maximum Gasteiger partial charge on any atom is 0.297 e. The third-order valence-corrected chi connectivity index (χ3v) is 19.4. The molecule has 1 aromatic heterocycles. The number of benzene rings is 6. The van der Waals surface area contributed by atoms with Gasteiger partial charge in [-0.1, -0.05) is 146 Å². The highest BCUT2D eigenvalue weighted by molar-refractivity contribution is 7.00. The molecule has 0 spiro atoms. The Kier molecular flexibility index (Phi) is 9.95. The van der Waals surface area contributed by atoms with Crippen LogP contribution < -0.4 is 26.4 Å². The minimum Gasteiger partial charge on any atom is -0.468 e. The van der Waals surface area contributed by atoms with E-state index in [0.29, 0.717) is 0 Å². The van der Waals surface area contributed by atoms with Crippen molar-refractivity contribution in [1.29, 1.82) is 0 Å². The van der Waals surface area contributed by atoms with Crippen molar-refractivity contribution in [3.63, 3.8) is 0 Å². The largest absolute Gasteiger partial charge is 0.468 e. The fourth-order valence-electron chi connectivity index (χ4n) is 14.3. The van der Waals surface area contributed by atoms with Gasteiger partial charge in [0.05, 0.1) is 17.0 Å². The summed E-state index contributed by atoms with van der Waals surface area (Å²) in [5.41, 5.74) is 27.6. The molecular weight excluding hydrogens is 872 g/mol. The SMILES string of the molecule is Cc1cc2c3c(c1)N(c1ccc4c(c1)C(C)(C)CCC4(C)C)c1c(oc4cc5c(cc14)C(C)(C)CCC5(C)C)B3c1cc3c(cc1N2c1ccc(C(C)(C)C)cc1-c1ccccc1C)C(C)(C)CCC3(C)C. The molecule has 3 nitrogen and oxygen atoms in total. The molecule has 2 aliphatic heterocycles. The molecule has 3 aliphatic carbocycles. The Hall–Kier alpha value is -5.48. The molecule has 0 N–H and O–H groups in total. The quantitative estimate of drug-likeness (QED) is 0.165. The predicted octanol–water partition coefficient (Wildman–Crippen LogP) is 17.1. The zero-order valence-corrected chi connectivity index (χ0v) is 46.9. The second kappa shape index (κ2) is 15.1. The number of hydrogen-bond acceptors (Lipinski definition) is 3. The monoisotopic (exact) mass is 951 g/mol. The number of hydrogen-bond donors (Lipinski definition) is 0. The predicted molar refractivity (Wildman–Crippen MR) is 310 cm³/mol. The molecule has 72 heavy (non-hydrogen) atoms. The van der Waals surface area contributed by atoms with Gasteiger partial charge in [-0.3, -0.25) is 0 Å². The first-order valence-corrected chi connectivity index (χ1v) is 27.5. The zero-order valence-electron chi connectivity index (χ0n) is 46.9. The van der Waals surface area contributed by atoms with E-state index in [-0.39, 0.29) is 44.6 Å². The van der Waals surface area contributed by atoms with Crippen molar-refractivity contribution in [2.75, 3.05) is 9.80 Å². The van der Waals surface area contributed by atoms with Gasteiger partial charge in [0.25, 0.3) is 6.71 Å². The van der Waals surface area contributed by atoms with Crippen LogP contribution in [0.3, 0.4) is 0 Å². The van der Waals surface area contributed by atoms with Crippen LogP contribution in [0.25, 0.3) is 22.1 Å². The van der Waals surface area contributed by atoms with Crippen molar-refractivity contribution in [3.8, 4) is 11.1 Å². The summed E-state index contributed by atoms with van der Waals surface area (Å²) in [5.74, 6) is 0. The van der Waals surface area contributed by atoms with E-state index in [1.807, 2.05) is 0 Å². The Morgan fingerprint density at radius 3 is 1.60 bits per heavy atom. The van der Waals surface area contributed by atoms with Gasteiger partial charge in [-0.25, -0.2) is 0 Å². The van der Waals surface area contributed by atoms with E-state index < -0.39 is 0 Å². The minimum absolute atomic E-state index is 0.0130. The van der Waals surface area contributed by atoms with Gasteiger partial charge in [-0.05, 0) is 211 Å². The van der Waals surface area contributed by atoms with Crippen molar-refractivity contribution in [2.24, 2.45) is 0 Å². The van der Waals surface area contributed by atoms with Crippen molar-refractivity contribution in [2.45, 2.75) is 194 Å². The number of nitrogens with zero attached hydrogens (tertiary/aromatic N) is 2. The summed E-state index contributed by atoms with van der Waals surface area (Å²) in [6, 6.07) is 39.2. The molecule has 0 saturated carbocycles. The normalized spacial score (nSPS) is 20.3. The summed E-state index contributed by atoms with van der Waals surface area (Å²) in [7, 11) is 0. The second-order valence-corrected chi connectivity index (χ2v) is 28.3. The third kappa shape index (κ3) is 6.88. The molecule has 4 heteroatoms. The molecule has 6 aromatic carbocycles. The Morgan fingerprint density at radius 1 is 0.472 bits per heavy atom. The van der Waals surface area contributed by atoms with E-state index in [2.05, 4.69) is 225 Å². The van der Waals surface area contributed by atoms with Crippen LogP contribution in [0.2, 0.25) is 0 Å². The Bertz CT molecular complexity index is 3450. The molecule has 0 bridgehead atoms. The molecule has 3 heterocycles. The van der Waals surface area contributed by atoms with E-state index in [9.17, 15) is 0 Å². The standard InChI is InChI=1S/C68H79BN2O/c1-40-32-56-59-57(33-40)71(54-25-22-42(62(3,4)5)34-45(54)44-21-19-18-20-41(44)2)55-38-51-50(66(12,13)29-30-67(51,14)15)37-53(55)69(59)61-60(46-36-49-52(39-58(46)72-61)68(16,17)31-28-65(49,10)11)70(56)43-23-24-47-48(35-43)64(8,9)27-26-63(47,6)7/h18-25,32-39H,26-31H2,1-17H3. The van der Waals surface area contributed by atoms with Crippen LogP contribution in [-0.2, 0) is 37.9 Å². The maximum atomic E-state index is 7.77. The number of rotatable bonds is 3. The highest BCUT2D eigenvalue weighted by Gasteiger charge is 2.50. The van der Waals surface area contributed by atoms with Gasteiger partial charge < -0.3 is 14.2 Å². The number of fused-ring (bicyclic) bond motifs is 9. The summed E-state index contributed by atoms with van der Waals surface area (Å²) in [5, 5.41) is 1.23. The molecule has 12 rings (SSSR count). The van der Waals surface area contributed by atoms with Gasteiger partial charge in [-0.15, -0.1) is 0 Å². The number of anilines is 6. The second-order valence-electron chi connectivity index (χ2n) is 28.3. The lowest BCUT2D eigenvalue weighted by atomic mass is 9.35. The van der Waals surface area contributed by atoms with E-state index in [1.54, 1.807) is 0 Å². The topological polar surface area (TPSA) is 19.6 Å². The average Bonchev–Trinajstić information content (AvgIpc) is 3.68. The van der Waals surface area contributed by atoms with Gasteiger partial charge in [0.15, 0.2) is 0 Å². The van der Waals surface area contributed by atoms with E-state index in [4.69, 9.17) is 4.42 Å². The number of aryl methyl sites for hydroxylation is 2. The zero-order chi connectivity index (χ0) is 51.2. The molecule has 370 valence electrons. The van der Waals surface area contributed by atoms with Crippen LogP contribution >= 0.6 is 0 Å². The Balaban J connectivity index is 1.24. The highest BCUT2D eigenvalue weighted by atomic mass is 16.3. The lowest BCUT2D eigenvalue weighted by Gasteiger charge is -2.47. The lowest BCUT2D eigenvalue weighted by molar-refractivity contribution is 0.332. The summed E-state index contributed by atoms with van der Waals surface area (Å²) in [6.45, 7) is 41.1. The first kappa shape index (κ1) is 47.5. The summed E-state index contributed by atoms with van der Waals surface area (Å²) >= 11 is 0. The van der Waals surface area contributed by atoms with E-state index in [1.165, 1.54) is 118 Å². The van der Waals surface area contributed by atoms with Crippen LogP contribution in [0.4, 0.5) is 34.1 Å². The van der Waals surface area contributed by atoms with Crippen molar-refractivity contribution in [3.05, 3.63) is 147 Å². The van der Waals surface area contributed by atoms with Crippen LogP contribution in [-0.4, -0.2) is 6.71 Å². The molecule has 0 radical (unpaired) electrons.